The number of nitrogens with two attached hydrogens (primary N) is 1. The number of carboxylic acids is 1. The van der Waals surface area contributed by atoms with Gasteiger partial charge in [0.2, 0.25) is 29.5 Å². The number of ether oxygens (including phenoxy) is 4. The molecule has 0 saturated heterocycles. The van der Waals surface area contributed by atoms with Crippen LogP contribution < -0.4 is 27.0 Å². The Kier molecular flexibility index (Phi) is 36.6. The maximum absolute atomic E-state index is 12.1. The molecule has 0 aromatic rings. The van der Waals surface area contributed by atoms with Gasteiger partial charge in [0.05, 0.1) is 39.6 Å². The number of hydrogen-bond donors (Lipinski definition) is 6. The summed E-state index contributed by atoms with van der Waals surface area (Å²) >= 11 is 0. The minimum atomic E-state index is -0.697. The summed E-state index contributed by atoms with van der Waals surface area (Å²) in [7, 11) is 0. The van der Waals surface area contributed by atoms with Crippen LogP contribution in [0.2, 0.25) is 0 Å². The summed E-state index contributed by atoms with van der Waals surface area (Å²) in [5.41, 5.74) is 5.09. The van der Waals surface area contributed by atoms with Gasteiger partial charge in [-0.3, -0.25) is 28.8 Å². The third-order valence-corrected chi connectivity index (χ3v) is 8.53. The highest BCUT2D eigenvalue weighted by atomic mass is 16.5. The SMILES string of the molecule is CC(CCC(N)=O)NC(=O)COCCOCCNC(=O)COCCOCCNC(=O)CCCNC(=O)CCCCCCCCCCCCCCCCC(=O)O. The van der Waals surface area contributed by atoms with Crippen LogP contribution in [0.4, 0.5) is 0 Å². The fourth-order valence-electron chi connectivity index (χ4n) is 5.43. The Morgan fingerprint density at radius 3 is 1.36 bits per heavy atom. The molecule has 16 nitrogen and oxygen atoms in total. The summed E-state index contributed by atoms with van der Waals surface area (Å²) in [6.07, 6.45) is 18.5. The van der Waals surface area contributed by atoms with Gasteiger partial charge in [0, 0.05) is 51.4 Å². The molecule has 5 amide bonds. The van der Waals surface area contributed by atoms with Gasteiger partial charge in [-0.25, -0.2) is 0 Å². The van der Waals surface area contributed by atoms with E-state index in [0.29, 0.717) is 58.3 Å². The number of amides is 5. The zero-order valence-corrected chi connectivity index (χ0v) is 33.6. The van der Waals surface area contributed by atoms with Crippen molar-refractivity contribution in [3.8, 4) is 0 Å². The number of unbranched alkanes of at least 4 members (excludes halogenated alkanes) is 13. The van der Waals surface area contributed by atoms with Crippen molar-refractivity contribution in [3.05, 3.63) is 0 Å². The third kappa shape index (κ3) is 41.7. The standard InChI is InChI=1S/C39H73N5O11/c1-33(20-21-34(40)45)44-38(49)32-55-30-28-53-26-24-43-37(48)31-54-29-27-52-25-23-42-36(47)18-16-22-41-35(46)17-14-12-10-8-6-4-2-3-5-7-9-11-13-15-19-39(50)51/h33H,2-32H2,1H3,(H2,40,45)(H,41,46)(H,42,47)(H,43,48)(H,44,49)(H,50,51). The van der Waals surface area contributed by atoms with Gasteiger partial charge in [-0.05, 0) is 32.6 Å². The Morgan fingerprint density at radius 2 is 0.873 bits per heavy atom. The van der Waals surface area contributed by atoms with Crippen molar-refractivity contribution in [2.75, 3.05) is 72.5 Å². The molecular formula is C39H73N5O11. The average molecular weight is 788 g/mol. The minimum absolute atomic E-state index is 0.0361. The number of carbonyl (C=O) groups is 6. The Balaban J connectivity index is 3.40. The van der Waals surface area contributed by atoms with Gasteiger partial charge in [-0.1, -0.05) is 77.0 Å². The van der Waals surface area contributed by atoms with Crippen molar-refractivity contribution in [3.63, 3.8) is 0 Å². The molecule has 55 heavy (non-hydrogen) atoms. The van der Waals surface area contributed by atoms with Crippen molar-refractivity contribution < 1.29 is 52.8 Å². The Hall–Kier alpha value is -3.34. The molecular weight excluding hydrogens is 714 g/mol. The molecule has 0 fully saturated rings. The normalized spacial score (nSPS) is 11.5. The number of rotatable bonds is 41. The fraction of sp³-hybridized carbons (Fsp3) is 0.846. The number of carboxylic acid groups (broad SMARTS) is 1. The maximum Gasteiger partial charge on any atom is 0.303 e. The highest BCUT2D eigenvalue weighted by Gasteiger charge is 2.09. The van der Waals surface area contributed by atoms with E-state index in [9.17, 15) is 28.8 Å². The van der Waals surface area contributed by atoms with Crippen molar-refractivity contribution in [2.24, 2.45) is 5.73 Å². The highest BCUT2D eigenvalue weighted by molar-refractivity contribution is 5.78. The predicted molar refractivity (Wildman–Crippen MR) is 209 cm³/mol. The van der Waals surface area contributed by atoms with E-state index < -0.39 is 11.9 Å². The molecule has 7 N–H and O–H groups in total. The summed E-state index contributed by atoms with van der Waals surface area (Å²) in [5, 5.41) is 19.7. The van der Waals surface area contributed by atoms with Gasteiger partial charge < -0.3 is 51.1 Å². The molecule has 1 unspecified atom stereocenters. The van der Waals surface area contributed by atoms with Crippen molar-refractivity contribution in [1.82, 2.24) is 21.3 Å². The van der Waals surface area contributed by atoms with E-state index in [1.165, 1.54) is 51.4 Å². The van der Waals surface area contributed by atoms with Crippen LogP contribution in [0.5, 0.6) is 0 Å². The number of nitrogens with one attached hydrogen (secondary N) is 4. The quantitative estimate of drug-likeness (QED) is 0.0492. The van der Waals surface area contributed by atoms with Crippen LogP contribution in [-0.2, 0) is 47.7 Å². The van der Waals surface area contributed by atoms with Crippen LogP contribution in [0.25, 0.3) is 0 Å². The first-order valence-corrected chi connectivity index (χ1v) is 20.5. The summed E-state index contributed by atoms with van der Waals surface area (Å²) in [6, 6.07) is -0.175. The van der Waals surface area contributed by atoms with E-state index in [1.807, 2.05) is 0 Å². The Labute approximate surface area is 328 Å². The van der Waals surface area contributed by atoms with Crippen molar-refractivity contribution in [2.45, 2.75) is 141 Å². The number of carbonyl (C=O) groups excluding carboxylic acids is 5. The molecule has 320 valence electrons. The molecule has 1 atom stereocenters. The average Bonchev–Trinajstić information content (AvgIpc) is 3.14. The van der Waals surface area contributed by atoms with E-state index in [1.54, 1.807) is 6.92 Å². The van der Waals surface area contributed by atoms with Gasteiger partial charge >= 0.3 is 5.97 Å². The van der Waals surface area contributed by atoms with Crippen molar-refractivity contribution in [1.29, 1.82) is 0 Å². The minimum Gasteiger partial charge on any atom is -0.481 e. The van der Waals surface area contributed by atoms with Crippen LogP contribution in [0.1, 0.15) is 135 Å². The van der Waals surface area contributed by atoms with Crippen LogP contribution in [0, 0.1) is 0 Å². The third-order valence-electron chi connectivity index (χ3n) is 8.53. The lowest BCUT2D eigenvalue weighted by molar-refractivity contribution is -0.137. The van der Waals surface area contributed by atoms with E-state index in [2.05, 4.69) is 21.3 Å². The Bertz CT molecular complexity index is 1020. The second-order valence-corrected chi connectivity index (χ2v) is 13.8. The Morgan fingerprint density at radius 1 is 0.473 bits per heavy atom. The summed E-state index contributed by atoms with van der Waals surface area (Å²) in [4.78, 5) is 68.9. The molecule has 0 aliphatic rings. The first-order valence-electron chi connectivity index (χ1n) is 20.5. The second-order valence-electron chi connectivity index (χ2n) is 13.8. The number of hydrogen-bond acceptors (Lipinski definition) is 10. The zero-order chi connectivity index (χ0) is 40.6. The molecule has 0 aromatic carbocycles. The zero-order valence-electron chi connectivity index (χ0n) is 33.6. The van der Waals surface area contributed by atoms with Crippen LogP contribution in [-0.4, -0.2) is 119 Å². The fourth-order valence-corrected chi connectivity index (χ4v) is 5.43. The second kappa shape index (κ2) is 38.9. The number of primary amides is 1. The topological polar surface area (TPSA) is 234 Å². The van der Waals surface area contributed by atoms with Gasteiger partial charge in [-0.2, -0.15) is 0 Å². The smallest absolute Gasteiger partial charge is 0.303 e. The maximum atomic E-state index is 12.1. The molecule has 16 heteroatoms. The van der Waals surface area contributed by atoms with Crippen LogP contribution in [0.15, 0.2) is 0 Å². The van der Waals surface area contributed by atoms with E-state index in [4.69, 9.17) is 29.8 Å². The lowest BCUT2D eigenvalue weighted by atomic mass is 10.0. The highest BCUT2D eigenvalue weighted by Crippen LogP contribution is 2.14. The predicted octanol–water partition coefficient (Wildman–Crippen LogP) is 3.28. The summed E-state index contributed by atoms with van der Waals surface area (Å²) in [6.45, 7) is 4.28. The van der Waals surface area contributed by atoms with Gasteiger partial charge in [0.1, 0.15) is 13.2 Å². The monoisotopic (exact) mass is 788 g/mol. The van der Waals surface area contributed by atoms with E-state index in [-0.39, 0.29) is 82.3 Å². The first kappa shape index (κ1) is 51.7. The molecule has 0 bridgehead atoms. The van der Waals surface area contributed by atoms with Gasteiger partial charge in [-0.15, -0.1) is 0 Å². The molecule has 0 aliphatic heterocycles. The molecule has 0 radical (unpaired) electrons. The lowest BCUT2D eigenvalue weighted by Gasteiger charge is -2.13. The van der Waals surface area contributed by atoms with Gasteiger partial charge in [0.25, 0.3) is 0 Å². The van der Waals surface area contributed by atoms with E-state index >= 15 is 0 Å². The molecule has 0 aromatic heterocycles. The van der Waals surface area contributed by atoms with Crippen LogP contribution >= 0.6 is 0 Å². The summed E-state index contributed by atoms with van der Waals surface area (Å²) < 4.78 is 21.3. The largest absolute Gasteiger partial charge is 0.481 e. The van der Waals surface area contributed by atoms with Crippen LogP contribution in [0.3, 0.4) is 0 Å². The van der Waals surface area contributed by atoms with Crippen molar-refractivity contribution >= 4 is 35.5 Å². The molecule has 0 saturated carbocycles. The number of aliphatic carboxylic acids is 1. The van der Waals surface area contributed by atoms with E-state index in [0.717, 1.165) is 38.5 Å². The van der Waals surface area contributed by atoms with Gasteiger partial charge in [0.15, 0.2) is 0 Å². The molecule has 0 heterocycles. The molecule has 0 aliphatic carbocycles. The lowest BCUT2D eigenvalue weighted by Crippen LogP contribution is -2.36. The molecule has 0 spiro atoms. The summed E-state index contributed by atoms with van der Waals surface area (Å²) in [5.74, 6) is -1.74. The molecule has 0 rings (SSSR count). The first-order chi connectivity index (χ1) is 26.6.